The van der Waals surface area contributed by atoms with Crippen LogP contribution in [0.3, 0.4) is 0 Å². The average Bonchev–Trinajstić information content (AvgIpc) is 2.60. The van der Waals surface area contributed by atoms with Gasteiger partial charge in [-0.25, -0.2) is 8.42 Å². The van der Waals surface area contributed by atoms with Crippen molar-refractivity contribution in [3.05, 3.63) is 48.0 Å². The van der Waals surface area contributed by atoms with Gasteiger partial charge in [-0.05, 0) is 30.3 Å². The van der Waals surface area contributed by atoms with E-state index in [9.17, 15) is 35.2 Å². The third-order valence-corrected chi connectivity index (χ3v) is 4.87. The summed E-state index contributed by atoms with van der Waals surface area (Å²) >= 11 is 0. The maximum Gasteiger partial charge on any atom is 0.501 e. The molecule has 0 saturated heterocycles. The third-order valence-electron chi connectivity index (χ3n) is 3.38. The lowest BCUT2D eigenvalue weighted by atomic mass is 10.2. The van der Waals surface area contributed by atoms with E-state index in [2.05, 4.69) is 10.1 Å². The van der Waals surface area contributed by atoms with E-state index in [4.69, 9.17) is 4.74 Å². The van der Waals surface area contributed by atoms with Gasteiger partial charge in [-0.2, -0.15) is 22.0 Å². The van der Waals surface area contributed by atoms with Crippen molar-refractivity contribution in [3.63, 3.8) is 0 Å². The molecule has 2 aromatic carbocycles. The summed E-state index contributed by atoms with van der Waals surface area (Å²) in [5.74, 6) is -1.66. The van der Waals surface area contributed by atoms with Gasteiger partial charge in [-0.15, -0.1) is 0 Å². The van der Waals surface area contributed by atoms with Crippen LogP contribution >= 0.6 is 0 Å². The first-order valence-corrected chi connectivity index (χ1v) is 8.80. The average molecular weight is 425 g/mol. The molecule has 0 aliphatic heterocycles. The maximum absolute atomic E-state index is 12.7. The van der Waals surface area contributed by atoms with Crippen molar-refractivity contribution < 1.29 is 44.6 Å². The molecule has 1 amide bonds. The van der Waals surface area contributed by atoms with Gasteiger partial charge < -0.3 is 14.8 Å². The SMILES string of the molecule is COc1ccc(S(=O)(=O)C(F)(F)F)cc1NC(=O)c1ccccc1OC(F)F. The van der Waals surface area contributed by atoms with E-state index < -0.39 is 44.2 Å². The van der Waals surface area contributed by atoms with Crippen LogP contribution in [-0.4, -0.2) is 33.6 Å². The number of alkyl halides is 5. The molecule has 0 aromatic heterocycles. The van der Waals surface area contributed by atoms with E-state index in [0.717, 1.165) is 25.3 Å². The Labute approximate surface area is 155 Å². The minimum atomic E-state index is -5.68. The number of para-hydroxylation sites is 1. The molecule has 0 aliphatic carbocycles. The highest BCUT2D eigenvalue weighted by molar-refractivity contribution is 7.92. The predicted octanol–water partition coefficient (Wildman–Crippen LogP) is 3.84. The number of halogens is 5. The molecule has 0 heterocycles. The van der Waals surface area contributed by atoms with Crippen LogP contribution in [0.15, 0.2) is 47.4 Å². The number of anilines is 1. The summed E-state index contributed by atoms with van der Waals surface area (Å²) in [7, 11) is -4.54. The molecule has 0 aliphatic rings. The molecule has 0 radical (unpaired) electrons. The van der Waals surface area contributed by atoms with E-state index >= 15 is 0 Å². The van der Waals surface area contributed by atoms with Crippen molar-refractivity contribution in [1.82, 2.24) is 0 Å². The second-order valence-corrected chi connectivity index (χ2v) is 7.08. The summed E-state index contributed by atoms with van der Waals surface area (Å²) in [6, 6.07) is 7.01. The van der Waals surface area contributed by atoms with Crippen LogP contribution in [0.2, 0.25) is 0 Å². The minimum Gasteiger partial charge on any atom is -0.495 e. The van der Waals surface area contributed by atoms with E-state index in [-0.39, 0.29) is 11.3 Å². The van der Waals surface area contributed by atoms with Crippen molar-refractivity contribution in [1.29, 1.82) is 0 Å². The Balaban J connectivity index is 2.44. The highest BCUT2D eigenvalue weighted by atomic mass is 32.2. The van der Waals surface area contributed by atoms with Gasteiger partial charge >= 0.3 is 12.1 Å². The van der Waals surface area contributed by atoms with Gasteiger partial charge in [0, 0.05) is 0 Å². The number of methoxy groups -OCH3 is 1. The van der Waals surface area contributed by atoms with Crippen LogP contribution in [0.1, 0.15) is 10.4 Å². The first kappa shape index (κ1) is 21.4. The summed E-state index contributed by atoms with van der Waals surface area (Å²) in [6.45, 7) is -3.22. The molecular weight excluding hydrogens is 413 g/mol. The number of nitrogens with one attached hydrogen (secondary N) is 1. The van der Waals surface area contributed by atoms with Crippen LogP contribution < -0.4 is 14.8 Å². The topological polar surface area (TPSA) is 81.7 Å². The highest BCUT2D eigenvalue weighted by Gasteiger charge is 2.47. The number of benzene rings is 2. The van der Waals surface area contributed by atoms with Crippen molar-refractivity contribution in [3.8, 4) is 11.5 Å². The molecule has 1 N–H and O–H groups in total. The highest BCUT2D eigenvalue weighted by Crippen LogP contribution is 2.35. The lowest BCUT2D eigenvalue weighted by Crippen LogP contribution is -2.23. The number of rotatable bonds is 6. The van der Waals surface area contributed by atoms with Gasteiger partial charge in [0.05, 0.1) is 23.3 Å². The standard InChI is InChI=1S/C16H12F5NO5S/c1-26-13-7-6-9(28(24,25)16(19,20)21)8-11(13)22-14(23)10-4-2-3-5-12(10)27-15(17)18/h2-8,15H,1H3,(H,22,23). The predicted molar refractivity (Wildman–Crippen MR) is 87.3 cm³/mol. The summed E-state index contributed by atoms with van der Waals surface area (Å²) in [5.41, 5.74) is -6.32. The quantitative estimate of drug-likeness (QED) is 0.712. The van der Waals surface area contributed by atoms with Gasteiger partial charge in [0.2, 0.25) is 0 Å². The first-order chi connectivity index (χ1) is 13.0. The van der Waals surface area contributed by atoms with Crippen molar-refractivity contribution in [2.75, 3.05) is 12.4 Å². The number of hydrogen-bond donors (Lipinski definition) is 1. The molecule has 12 heteroatoms. The molecule has 2 rings (SSSR count). The molecule has 0 saturated carbocycles. The second kappa shape index (κ2) is 8.00. The Morgan fingerprint density at radius 3 is 2.29 bits per heavy atom. The van der Waals surface area contributed by atoms with Gasteiger partial charge in [-0.3, -0.25) is 4.79 Å². The van der Waals surface area contributed by atoms with Gasteiger partial charge in [0.1, 0.15) is 11.5 Å². The van der Waals surface area contributed by atoms with Crippen molar-refractivity contribution >= 4 is 21.4 Å². The molecule has 0 spiro atoms. The number of hydrogen-bond acceptors (Lipinski definition) is 5. The Morgan fingerprint density at radius 1 is 1.07 bits per heavy atom. The summed E-state index contributed by atoms with van der Waals surface area (Å²) in [5, 5.41) is 2.13. The Kier molecular flexibility index (Phi) is 6.12. The third kappa shape index (κ3) is 4.50. The smallest absolute Gasteiger partial charge is 0.495 e. The molecule has 0 atom stereocenters. The van der Waals surface area contributed by atoms with Crippen LogP contribution in [-0.2, 0) is 9.84 Å². The fourth-order valence-electron chi connectivity index (χ4n) is 2.13. The van der Waals surface area contributed by atoms with E-state index in [1.807, 2.05) is 0 Å². The monoisotopic (exact) mass is 425 g/mol. The van der Waals surface area contributed by atoms with E-state index in [1.54, 1.807) is 0 Å². The van der Waals surface area contributed by atoms with Gasteiger partial charge in [-0.1, -0.05) is 12.1 Å². The van der Waals surface area contributed by atoms with Crippen LogP contribution in [0.5, 0.6) is 11.5 Å². The normalized spacial score (nSPS) is 12.0. The van der Waals surface area contributed by atoms with Crippen molar-refractivity contribution in [2.24, 2.45) is 0 Å². The molecule has 0 bridgehead atoms. The number of carbonyl (C=O) groups excluding carboxylic acids is 1. The Morgan fingerprint density at radius 2 is 1.71 bits per heavy atom. The zero-order valence-electron chi connectivity index (χ0n) is 14.0. The van der Waals surface area contributed by atoms with Gasteiger partial charge in [0.15, 0.2) is 0 Å². The summed E-state index contributed by atoms with van der Waals surface area (Å²) in [4.78, 5) is 11.2. The van der Waals surface area contributed by atoms with E-state index in [0.29, 0.717) is 12.1 Å². The molecule has 152 valence electrons. The summed E-state index contributed by atoms with van der Waals surface area (Å²) in [6.07, 6.45) is 0. The van der Waals surface area contributed by atoms with Crippen LogP contribution in [0, 0.1) is 0 Å². The zero-order chi connectivity index (χ0) is 21.1. The maximum atomic E-state index is 12.7. The summed E-state index contributed by atoms with van der Waals surface area (Å²) < 4.78 is 95.4. The van der Waals surface area contributed by atoms with E-state index in [1.165, 1.54) is 12.1 Å². The largest absolute Gasteiger partial charge is 0.501 e. The number of carbonyl (C=O) groups is 1. The molecule has 6 nitrogen and oxygen atoms in total. The van der Waals surface area contributed by atoms with Gasteiger partial charge in [0.25, 0.3) is 15.7 Å². The molecule has 2 aromatic rings. The zero-order valence-corrected chi connectivity index (χ0v) is 14.8. The van der Waals surface area contributed by atoms with Crippen LogP contribution in [0.25, 0.3) is 0 Å². The minimum absolute atomic E-state index is 0.151. The Hall–Kier alpha value is -2.89. The number of ether oxygens (including phenoxy) is 2. The lowest BCUT2D eigenvalue weighted by Gasteiger charge is -2.15. The first-order valence-electron chi connectivity index (χ1n) is 7.32. The van der Waals surface area contributed by atoms with Crippen molar-refractivity contribution in [2.45, 2.75) is 17.0 Å². The molecule has 0 fully saturated rings. The molecular formula is C16H12F5NO5S. The second-order valence-electron chi connectivity index (χ2n) is 5.14. The number of amides is 1. The van der Waals surface area contributed by atoms with Crippen LogP contribution in [0.4, 0.5) is 27.6 Å². The lowest BCUT2D eigenvalue weighted by molar-refractivity contribution is -0.0501. The molecule has 28 heavy (non-hydrogen) atoms. The number of sulfone groups is 1. The fourth-order valence-corrected chi connectivity index (χ4v) is 2.92. The fraction of sp³-hybridized carbons (Fsp3) is 0.188. The Bertz CT molecular complexity index is 976. The molecule has 0 unspecified atom stereocenters.